The zero-order valence-electron chi connectivity index (χ0n) is 11.8. The van der Waals surface area contributed by atoms with E-state index >= 15 is 0 Å². The fraction of sp³-hybridized carbons (Fsp3) is 0.833. The second-order valence-corrected chi connectivity index (χ2v) is 5.41. The lowest BCUT2D eigenvalue weighted by Crippen LogP contribution is -2.54. The molecule has 0 aliphatic heterocycles. The first-order chi connectivity index (χ1) is 9.12. The molecule has 1 rings (SSSR count). The molecule has 4 N–H and O–H groups in total. The van der Waals surface area contributed by atoms with E-state index in [2.05, 4.69) is 5.32 Å². The van der Waals surface area contributed by atoms with Crippen LogP contribution in [0.2, 0.25) is 0 Å². The van der Waals surface area contributed by atoms with E-state index in [0.717, 1.165) is 12.8 Å². The molecule has 0 aromatic rings. The maximum atomic E-state index is 11.9. The smallest absolute Gasteiger partial charge is 0.347 e. The van der Waals surface area contributed by atoms with Crippen molar-refractivity contribution in [1.82, 2.24) is 10.6 Å². The number of alkyl halides is 3. The first-order valence-electron chi connectivity index (χ1n) is 6.52. The maximum absolute atomic E-state index is 11.9. The van der Waals surface area contributed by atoms with Crippen molar-refractivity contribution < 1.29 is 22.8 Å². The van der Waals surface area contributed by atoms with Crippen molar-refractivity contribution in [3.63, 3.8) is 0 Å². The van der Waals surface area contributed by atoms with E-state index < -0.39 is 36.6 Å². The van der Waals surface area contributed by atoms with Crippen LogP contribution in [0.3, 0.4) is 0 Å². The van der Waals surface area contributed by atoms with E-state index in [0.29, 0.717) is 12.8 Å². The van der Waals surface area contributed by atoms with Gasteiger partial charge >= 0.3 is 6.18 Å². The molecule has 0 saturated heterocycles. The van der Waals surface area contributed by atoms with Crippen molar-refractivity contribution >= 4 is 24.2 Å². The van der Waals surface area contributed by atoms with Crippen LogP contribution < -0.4 is 16.4 Å². The zero-order chi connectivity index (χ0) is 15.4. The molecule has 1 aliphatic carbocycles. The lowest BCUT2D eigenvalue weighted by molar-refractivity contribution is -0.139. The van der Waals surface area contributed by atoms with Crippen molar-refractivity contribution in [2.75, 3.05) is 13.1 Å². The molecule has 2 atom stereocenters. The summed E-state index contributed by atoms with van der Waals surface area (Å²) in [6, 6.07) is 0. The average Bonchev–Trinajstić information content (AvgIpc) is 2.32. The third kappa shape index (κ3) is 6.99. The topological polar surface area (TPSA) is 84.2 Å². The van der Waals surface area contributed by atoms with Gasteiger partial charge in [0.25, 0.3) is 0 Å². The highest BCUT2D eigenvalue weighted by Gasteiger charge is 2.37. The zero-order valence-corrected chi connectivity index (χ0v) is 12.6. The van der Waals surface area contributed by atoms with Gasteiger partial charge in [0.15, 0.2) is 0 Å². The van der Waals surface area contributed by atoms with Gasteiger partial charge in [-0.1, -0.05) is 12.8 Å². The number of hydrogen-bond acceptors (Lipinski definition) is 3. The average molecular weight is 332 g/mol. The molecule has 0 radical (unpaired) electrons. The van der Waals surface area contributed by atoms with Gasteiger partial charge in [-0.2, -0.15) is 13.2 Å². The molecule has 0 aromatic carbocycles. The summed E-state index contributed by atoms with van der Waals surface area (Å²) in [5.41, 5.74) is 5.40. The van der Waals surface area contributed by atoms with Crippen LogP contribution in [0.1, 0.15) is 32.6 Å². The standard InChI is InChI=1S/C12H20F3N3O2.ClH/c1-11(16)5-3-2-4-8(11)10(20)17-6-9(19)18-7-12(13,14)15;/h8H,2-7,16H2,1H3,(H,17,20)(H,18,19);1H. The molecular weight excluding hydrogens is 311 g/mol. The Bertz CT molecular complexity index is 375. The van der Waals surface area contributed by atoms with Crippen LogP contribution in [0.15, 0.2) is 0 Å². The molecule has 5 nitrogen and oxygen atoms in total. The van der Waals surface area contributed by atoms with Gasteiger partial charge in [0, 0.05) is 5.54 Å². The Kier molecular flexibility index (Phi) is 7.46. The van der Waals surface area contributed by atoms with E-state index in [-0.39, 0.29) is 18.3 Å². The highest BCUT2D eigenvalue weighted by atomic mass is 35.5. The van der Waals surface area contributed by atoms with E-state index in [9.17, 15) is 22.8 Å². The van der Waals surface area contributed by atoms with Gasteiger partial charge in [-0.25, -0.2) is 0 Å². The van der Waals surface area contributed by atoms with Gasteiger partial charge in [-0.3, -0.25) is 9.59 Å². The van der Waals surface area contributed by atoms with Crippen LogP contribution >= 0.6 is 12.4 Å². The Labute approximate surface area is 127 Å². The van der Waals surface area contributed by atoms with Crippen LogP contribution in [0.4, 0.5) is 13.2 Å². The molecule has 2 unspecified atom stereocenters. The quantitative estimate of drug-likeness (QED) is 0.721. The molecule has 1 fully saturated rings. The van der Waals surface area contributed by atoms with E-state index in [1.54, 1.807) is 12.2 Å². The Morgan fingerprint density at radius 3 is 2.43 bits per heavy atom. The van der Waals surface area contributed by atoms with Gasteiger partial charge in [0.05, 0.1) is 12.5 Å². The molecule has 0 aromatic heterocycles. The summed E-state index contributed by atoms with van der Waals surface area (Å²) in [6.45, 7) is -0.0959. The normalized spacial score (nSPS) is 25.7. The lowest BCUT2D eigenvalue weighted by Gasteiger charge is -2.37. The van der Waals surface area contributed by atoms with Crippen LogP contribution in [0.25, 0.3) is 0 Å². The summed E-state index contributed by atoms with van der Waals surface area (Å²) in [5.74, 6) is -1.66. The highest BCUT2D eigenvalue weighted by Crippen LogP contribution is 2.31. The number of hydrogen-bond donors (Lipinski definition) is 3. The van der Waals surface area contributed by atoms with Crippen molar-refractivity contribution in [3.05, 3.63) is 0 Å². The number of nitrogens with one attached hydrogen (secondary N) is 2. The summed E-state index contributed by atoms with van der Waals surface area (Å²) in [5, 5.41) is 4.04. The summed E-state index contributed by atoms with van der Waals surface area (Å²) in [6.07, 6.45) is -1.29. The SMILES string of the molecule is CC1(N)CCCCC1C(=O)NCC(=O)NCC(F)(F)F.Cl. The lowest BCUT2D eigenvalue weighted by atomic mass is 9.74. The summed E-state index contributed by atoms with van der Waals surface area (Å²) in [7, 11) is 0. The van der Waals surface area contributed by atoms with Crippen LogP contribution in [0.5, 0.6) is 0 Å². The van der Waals surface area contributed by atoms with Crippen LogP contribution in [0, 0.1) is 5.92 Å². The predicted octanol–water partition coefficient (Wildman–Crippen LogP) is 1.11. The van der Waals surface area contributed by atoms with Crippen molar-refractivity contribution in [3.8, 4) is 0 Å². The third-order valence-corrected chi connectivity index (χ3v) is 3.48. The van der Waals surface area contributed by atoms with E-state index in [4.69, 9.17) is 5.73 Å². The molecule has 2 amide bonds. The molecule has 21 heavy (non-hydrogen) atoms. The number of carbonyl (C=O) groups excluding carboxylic acids is 2. The maximum Gasteiger partial charge on any atom is 0.405 e. The summed E-state index contributed by atoms with van der Waals surface area (Å²) < 4.78 is 35.7. The Morgan fingerprint density at radius 2 is 1.90 bits per heavy atom. The first kappa shape index (κ1) is 20.0. The van der Waals surface area contributed by atoms with E-state index in [1.807, 2.05) is 0 Å². The van der Waals surface area contributed by atoms with Crippen molar-refractivity contribution in [2.45, 2.75) is 44.3 Å². The molecule has 1 saturated carbocycles. The number of nitrogens with two attached hydrogens (primary N) is 1. The van der Waals surface area contributed by atoms with Crippen LogP contribution in [-0.2, 0) is 9.59 Å². The fourth-order valence-corrected chi connectivity index (χ4v) is 2.34. The largest absolute Gasteiger partial charge is 0.405 e. The molecule has 0 bridgehead atoms. The Hall–Kier alpha value is -1.02. The summed E-state index contributed by atoms with van der Waals surface area (Å²) >= 11 is 0. The molecule has 124 valence electrons. The molecule has 0 heterocycles. The van der Waals surface area contributed by atoms with Gasteiger partial charge in [0.1, 0.15) is 6.54 Å². The molecule has 0 spiro atoms. The van der Waals surface area contributed by atoms with Crippen molar-refractivity contribution in [2.24, 2.45) is 11.7 Å². The third-order valence-electron chi connectivity index (χ3n) is 3.48. The predicted molar refractivity (Wildman–Crippen MR) is 73.9 cm³/mol. The minimum absolute atomic E-state index is 0. The highest BCUT2D eigenvalue weighted by molar-refractivity contribution is 5.86. The number of amides is 2. The number of carbonyl (C=O) groups is 2. The minimum atomic E-state index is -4.46. The van der Waals surface area contributed by atoms with Gasteiger partial charge < -0.3 is 16.4 Å². The second kappa shape index (κ2) is 7.84. The van der Waals surface area contributed by atoms with Gasteiger partial charge in [-0.15, -0.1) is 12.4 Å². The molecule has 1 aliphatic rings. The monoisotopic (exact) mass is 331 g/mol. The van der Waals surface area contributed by atoms with Gasteiger partial charge in [0.2, 0.25) is 11.8 Å². The second-order valence-electron chi connectivity index (χ2n) is 5.41. The number of halogens is 4. The Balaban J connectivity index is 0.00000400. The Morgan fingerprint density at radius 1 is 1.29 bits per heavy atom. The van der Waals surface area contributed by atoms with E-state index in [1.165, 1.54) is 0 Å². The summed E-state index contributed by atoms with van der Waals surface area (Å²) in [4.78, 5) is 23.1. The number of rotatable bonds is 4. The van der Waals surface area contributed by atoms with Crippen LogP contribution in [-0.4, -0.2) is 36.6 Å². The van der Waals surface area contributed by atoms with Crippen molar-refractivity contribution in [1.29, 1.82) is 0 Å². The van der Waals surface area contributed by atoms with Gasteiger partial charge in [-0.05, 0) is 19.8 Å². The molecule has 9 heteroatoms. The molecular formula is C12H21ClF3N3O2. The minimum Gasteiger partial charge on any atom is -0.347 e. The first-order valence-corrected chi connectivity index (χ1v) is 6.52. The fourth-order valence-electron chi connectivity index (χ4n) is 2.34.